The Morgan fingerprint density at radius 1 is 0.839 bits per heavy atom. The van der Waals surface area contributed by atoms with Crippen molar-refractivity contribution in [3.05, 3.63) is 110 Å². The summed E-state index contributed by atoms with van der Waals surface area (Å²) >= 11 is 12.2. The Bertz CT molecular complexity index is 1340. The Kier molecular flexibility index (Phi) is 5.73. The van der Waals surface area contributed by atoms with E-state index < -0.39 is 0 Å². The molecule has 0 aliphatic rings. The van der Waals surface area contributed by atoms with E-state index in [1.54, 1.807) is 39.5 Å². The minimum absolute atomic E-state index is 0.0310. The van der Waals surface area contributed by atoms with Gasteiger partial charge in [-0.25, -0.2) is 9.64 Å². The molecule has 3 aromatic carbocycles. The number of nitrogens with zero attached hydrogens (tertiary/aromatic N) is 3. The maximum atomic E-state index is 13.8. The molecular formula is C25H19Cl2N3O. The summed E-state index contributed by atoms with van der Waals surface area (Å²) in [7, 11) is 0. The van der Waals surface area contributed by atoms with Gasteiger partial charge in [-0.2, -0.15) is 0 Å². The third-order valence-electron chi connectivity index (χ3n) is 5.05. The van der Waals surface area contributed by atoms with Gasteiger partial charge < -0.3 is 0 Å². The minimum atomic E-state index is -0.198. The van der Waals surface area contributed by atoms with Crippen molar-refractivity contribution >= 4 is 28.9 Å². The predicted molar refractivity (Wildman–Crippen MR) is 127 cm³/mol. The average molecular weight is 448 g/mol. The minimum Gasteiger partial charge on any atom is -0.264 e. The monoisotopic (exact) mass is 447 g/mol. The van der Waals surface area contributed by atoms with Crippen molar-refractivity contribution in [2.75, 3.05) is 0 Å². The van der Waals surface area contributed by atoms with Gasteiger partial charge in [-0.1, -0.05) is 55.2 Å². The van der Waals surface area contributed by atoms with Gasteiger partial charge in [0.1, 0.15) is 0 Å². The fourth-order valence-corrected chi connectivity index (χ4v) is 3.97. The molecule has 0 amide bonds. The molecule has 0 saturated carbocycles. The zero-order valence-electron chi connectivity index (χ0n) is 17.0. The van der Waals surface area contributed by atoms with Gasteiger partial charge in [-0.15, -0.1) is 0 Å². The number of halogens is 2. The molecule has 0 aliphatic carbocycles. The lowest BCUT2D eigenvalue weighted by Gasteiger charge is -2.14. The van der Waals surface area contributed by atoms with Crippen molar-refractivity contribution in [1.29, 1.82) is 0 Å². The van der Waals surface area contributed by atoms with Crippen LogP contribution in [0.3, 0.4) is 0 Å². The normalized spacial score (nSPS) is 11.0. The standard InChI is InChI=1S/C25H19Cl2N3O/c1-16(2)23-24(17-5-4-6-20(15-17)28-3)30(22-13-9-19(27)10-14-22)25(31)29(23)21-11-7-18(26)8-12-21/h4-16H,1-2H3. The molecule has 0 atom stereocenters. The van der Waals surface area contributed by atoms with Crippen LogP contribution in [-0.4, -0.2) is 9.13 Å². The summed E-state index contributed by atoms with van der Waals surface area (Å²) in [6, 6.07) is 21.7. The summed E-state index contributed by atoms with van der Waals surface area (Å²) in [6.07, 6.45) is 0. The van der Waals surface area contributed by atoms with E-state index in [1.807, 2.05) is 42.5 Å². The van der Waals surface area contributed by atoms with E-state index in [2.05, 4.69) is 18.7 Å². The topological polar surface area (TPSA) is 31.3 Å². The molecule has 4 rings (SSSR count). The third kappa shape index (κ3) is 3.90. The van der Waals surface area contributed by atoms with E-state index in [4.69, 9.17) is 29.8 Å². The summed E-state index contributed by atoms with van der Waals surface area (Å²) in [5, 5.41) is 1.19. The van der Waals surface area contributed by atoms with Crippen molar-refractivity contribution in [2.24, 2.45) is 0 Å². The first kappa shape index (κ1) is 21.0. The third-order valence-corrected chi connectivity index (χ3v) is 5.56. The molecular weight excluding hydrogens is 429 g/mol. The van der Waals surface area contributed by atoms with Crippen LogP contribution in [0.1, 0.15) is 25.5 Å². The molecule has 0 saturated heterocycles. The Morgan fingerprint density at radius 2 is 1.39 bits per heavy atom. The predicted octanol–water partition coefficient (Wildman–Crippen LogP) is 7.28. The van der Waals surface area contributed by atoms with Crippen molar-refractivity contribution in [3.63, 3.8) is 0 Å². The van der Waals surface area contributed by atoms with Crippen LogP contribution >= 0.6 is 23.2 Å². The Labute approximate surface area is 190 Å². The van der Waals surface area contributed by atoms with Gasteiger partial charge in [0.2, 0.25) is 0 Å². The van der Waals surface area contributed by atoms with Crippen LogP contribution in [0, 0.1) is 6.57 Å². The first-order valence-corrected chi connectivity index (χ1v) is 10.5. The van der Waals surface area contributed by atoms with Crippen molar-refractivity contribution in [1.82, 2.24) is 9.13 Å². The van der Waals surface area contributed by atoms with Crippen molar-refractivity contribution in [3.8, 4) is 22.6 Å². The summed E-state index contributed by atoms with van der Waals surface area (Å²) in [6.45, 7) is 11.5. The summed E-state index contributed by atoms with van der Waals surface area (Å²) in [5.41, 5.74) is 4.16. The van der Waals surface area contributed by atoms with Gasteiger partial charge in [-0.05, 0) is 66.1 Å². The van der Waals surface area contributed by atoms with E-state index in [-0.39, 0.29) is 11.6 Å². The summed E-state index contributed by atoms with van der Waals surface area (Å²) < 4.78 is 3.40. The maximum absolute atomic E-state index is 13.8. The van der Waals surface area contributed by atoms with E-state index in [9.17, 15) is 4.79 Å². The molecule has 1 heterocycles. The molecule has 1 aromatic heterocycles. The molecule has 0 fully saturated rings. The van der Waals surface area contributed by atoms with E-state index in [0.29, 0.717) is 21.4 Å². The smallest absolute Gasteiger partial charge is 0.264 e. The lowest BCUT2D eigenvalue weighted by atomic mass is 10.0. The Morgan fingerprint density at radius 3 is 1.90 bits per heavy atom. The number of rotatable bonds is 4. The van der Waals surface area contributed by atoms with Crippen LogP contribution in [0.4, 0.5) is 5.69 Å². The van der Waals surface area contributed by atoms with Gasteiger partial charge in [0.15, 0.2) is 5.69 Å². The highest BCUT2D eigenvalue weighted by molar-refractivity contribution is 6.30. The van der Waals surface area contributed by atoms with Crippen LogP contribution in [0.25, 0.3) is 27.5 Å². The van der Waals surface area contributed by atoms with Gasteiger partial charge in [0, 0.05) is 10.0 Å². The van der Waals surface area contributed by atoms with Gasteiger partial charge in [-0.3, -0.25) is 9.13 Å². The average Bonchev–Trinajstić information content (AvgIpc) is 3.08. The first-order valence-electron chi connectivity index (χ1n) is 9.78. The number of aromatic nitrogens is 2. The van der Waals surface area contributed by atoms with Crippen LogP contribution in [0.2, 0.25) is 10.0 Å². The van der Waals surface area contributed by atoms with Gasteiger partial charge >= 0.3 is 5.69 Å². The Balaban J connectivity index is 2.13. The van der Waals surface area contributed by atoms with Crippen molar-refractivity contribution < 1.29 is 0 Å². The largest absolute Gasteiger partial charge is 0.338 e. The van der Waals surface area contributed by atoms with Gasteiger partial charge in [0.25, 0.3) is 0 Å². The second-order valence-corrected chi connectivity index (χ2v) is 8.33. The highest BCUT2D eigenvalue weighted by atomic mass is 35.5. The number of hydrogen-bond acceptors (Lipinski definition) is 1. The second-order valence-electron chi connectivity index (χ2n) is 7.46. The zero-order valence-corrected chi connectivity index (χ0v) is 18.5. The highest BCUT2D eigenvalue weighted by Crippen LogP contribution is 2.34. The van der Waals surface area contributed by atoms with Gasteiger partial charge in [0.05, 0.1) is 29.3 Å². The van der Waals surface area contributed by atoms with Crippen LogP contribution in [0.15, 0.2) is 77.6 Å². The molecule has 4 aromatic rings. The second kappa shape index (κ2) is 8.47. The number of imidazole rings is 1. The molecule has 0 radical (unpaired) electrons. The fourth-order valence-electron chi connectivity index (χ4n) is 3.72. The summed E-state index contributed by atoms with van der Waals surface area (Å²) in [5.74, 6) is 0.0310. The van der Waals surface area contributed by atoms with E-state index >= 15 is 0 Å². The maximum Gasteiger partial charge on any atom is 0.338 e. The molecule has 0 bridgehead atoms. The fraction of sp³-hybridized carbons (Fsp3) is 0.120. The molecule has 6 heteroatoms. The molecule has 4 nitrogen and oxygen atoms in total. The van der Waals surface area contributed by atoms with Crippen molar-refractivity contribution in [2.45, 2.75) is 19.8 Å². The summed E-state index contributed by atoms with van der Waals surface area (Å²) in [4.78, 5) is 17.4. The van der Waals surface area contributed by atoms with Crippen LogP contribution in [0.5, 0.6) is 0 Å². The number of hydrogen-bond donors (Lipinski definition) is 0. The SMILES string of the molecule is [C-]#[N+]c1cccc(-c2c(C(C)C)n(-c3ccc(Cl)cc3)c(=O)n2-c2ccc(Cl)cc2)c1. The number of benzene rings is 3. The van der Waals surface area contributed by atoms with Crippen LogP contribution in [-0.2, 0) is 0 Å². The lowest BCUT2D eigenvalue weighted by Crippen LogP contribution is -2.23. The Hall–Kier alpha value is -3.26. The van der Waals surface area contributed by atoms with Crippen LogP contribution < -0.4 is 5.69 Å². The molecule has 0 spiro atoms. The molecule has 0 aliphatic heterocycles. The first-order chi connectivity index (χ1) is 14.9. The molecule has 154 valence electrons. The van der Waals surface area contributed by atoms with E-state index in [0.717, 1.165) is 22.6 Å². The molecule has 31 heavy (non-hydrogen) atoms. The zero-order chi connectivity index (χ0) is 22.1. The lowest BCUT2D eigenvalue weighted by molar-refractivity contribution is 0.775. The van der Waals surface area contributed by atoms with E-state index in [1.165, 1.54) is 0 Å². The quantitative estimate of drug-likeness (QED) is 0.302. The molecule has 0 unspecified atom stereocenters. The highest BCUT2D eigenvalue weighted by Gasteiger charge is 2.25. The molecule has 0 N–H and O–H groups in total.